The zero-order valence-electron chi connectivity index (χ0n) is 12.5. The Balaban J connectivity index is 0. The Hall–Kier alpha value is -2.06. The number of hydrogen-bond donors (Lipinski definition) is 3. The second-order valence-corrected chi connectivity index (χ2v) is 5.65. The van der Waals surface area contributed by atoms with Crippen LogP contribution in [0.4, 0.5) is 0 Å². The normalized spacial score (nSPS) is 12.2. The molecule has 0 bridgehead atoms. The van der Waals surface area contributed by atoms with Gasteiger partial charge in [0.15, 0.2) is 0 Å². The molecule has 130 valence electrons. The molecule has 1 rings (SSSR count). The van der Waals surface area contributed by atoms with Gasteiger partial charge in [0.1, 0.15) is 0 Å². The average Bonchev–Trinajstić information content (AvgIpc) is 2.82. The van der Waals surface area contributed by atoms with Gasteiger partial charge in [0.05, 0.1) is 6.61 Å². The molecule has 0 aromatic carbocycles. The van der Waals surface area contributed by atoms with Crippen LogP contribution in [0, 0.1) is 0 Å². The number of esters is 3. The molecule has 0 unspecified atom stereocenters. The van der Waals surface area contributed by atoms with Crippen molar-refractivity contribution in [2.24, 2.45) is 0 Å². The number of allylic oxidation sites excluding steroid dienone is 1. The second kappa shape index (κ2) is 12.5. The predicted molar refractivity (Wildman–Crippen MR) is 80.0 cm³/mol. The van der Waals surface area contributed by atoms with Gasteiger partial charge in [-0.15, -0.1) is 0 Å². The van der Waals surface area contributed by atoms with Gasteiger partial charge in [-0.3, -0.25) is 4.57 Å². The van der Waals surface area contributed by atoms with Gasteiger partial charge in [-0.25, -0.2) is 14.4 Å². The standard InChI is InChI=1S/C6H10O3.C4H2O3.C3H7O3P/c1-2-6(8)9-5-3-4-7;5-3-1-2-4(6)7-3;1-3(2)7(4,5)6/h2,7H,1,3-5H2;1-2H;1H2,2H3,(H2,4,5,6). The maximum absolute atomic E-state index is 10.3. The first-order valence-electron chi connectivity index (χ1n) is 6.10. The lowest BCUT2D eigenvalue weighted by Crippen LogP contribution is -2.02. The van der Waals surface area contributed by atoms with E-state index in [0.717, 1.165) is 18.2 Å². The first kappa shape index (κ1) is 23.2. The Labute approximate surface area is 133 Å². The zero-order chi connectivity index (χ0) is 18.5. The first-order valence-corrected chi connectivity index (χ1v) is 7.71. The van der Waals surface area contributed by atoms with E-state index in [9.17, 15) is 18.9 Å². The zero-order valence-corrected chi connectivity index (χ0v) is 13.4. The molecule has 9 nitrogen and oxygen atoms in total. The van der Waals surface area contributed by atoms with Crippen LogP contribution in [0.25, 0.3) is 0 Å². The van der Waals surface area contributed by atoms with Crippen LogP contribution in [0.1, 0.15) is 13.3 Å². The predicted octanol–water partition coefficient (Wildman–Crippen LogP) is 0.422. The molecule has 0 fully saturated rings. The number of carbonyl (C=O) groups excluding carboxylic acids is 3. The molecular formula is C13H19O9P. The van der Waals surface area contributed by atoms with Crippen LogP contribution in [-0.2, 0) is 28.4 Å². The minimum atomic E-state index is -3.93. The van der Waals surface area contributed by atoms with Gasteiger partial charge < -0.3 is 24.4 Å². The fourth-order valence-corrected chi connectivity index (χ4v) is 0.600. The molecule has 1 aliphatic rings. The number of carbonyl (C=O) groups is 3. The summed E-state index contributed by atoms with van der Waals surface area (Å²) in [6.45, 7) is 7.87. The Bertz CT molecular complexity index is 500. The third kappa shape index (κ3) is 16.1. The van der Waals surface area contributed by atoms with Gasteiger partial charge in [-0.2, -0.15) is 0 Å². The molecule has 0 aliphatic carbocycles. The highest BCUT2D eigenvalue weighted by molar-refractivity contribution is 7.56. The molecule has 23 heavy (non-hydrogen) atoms. The molecule has 10 heteroatoms. The van der Waals surface area contributed by atoms with Crippen LogP contribution in [0.2, 0.25) is 0 Å². The van der Waals surface area contributed by atoms with Crippen molar-refractivity contribution in [1.82, 2.24) is 0 Å². The van der Waals surface area contributed by atoms with E-state index in [1.165, 1.54) is 6.92 Å². The van der Waals surface area contributed by atoms with Gasteiger partial charge >= 0.3 is 25.5 Å². The first-order chi connectivity index (χ1) is 10.5. The summed E-state index contributed by atoms with van der Waals surface area (Å²) in [6.07, 6.45) is 3.75. The number of rotatable bonds is 5. The summed E-state index contributed by atoms with van der Waals surface area (Å²) in [7, 11) is -3.93. The highest BCUT2D eigenvalue weighted by atomic mass is 31.2. The minimum Gasteiger partial charge on any atom is -0.462 e. The van der Waals surface area contributed by atoms with Crippen molar-refractivity contribution in [3.8, 4) is 0 Å². The summed E-state index contributed by atoms with van der Waals surface area (Å²) in [6, 6.07) is 0. The molecule has 0 aromatic rings. The second-order valence-electron chi connectivity index (χ2n) is 3.80. The molecule has 1 heterocycles. The summed E-state index contributed by atoms with van der Waals surface area (Å²) in [5, 5.41) is 8.14. The van der Waals surface area contributed by atoms with E-state index in [-0.39, 0.29) is 18.5 Å². The molecule has 0 atom stereocenters. The Morgan fingerprint density at radius 2 is 1.78 bits per heavy atom. The highest BCUT2D eigenvalue weighted by Crippen LogP contribution is 2.42. The number of ether oxygens (including phenoxy) is 2. The van der Waals surface area contributed by atoms with E-state index in [2.05, 4.69) is 22.6 Å². The topological polar surface area (TPSA) is 147 Å². The van der Waals surface area contributed by atoms with Crippen LogP contribution in [-0.4, -0.2) is 46.0 Å². The average molecular weight is 350 g/mol. The summed E-state index contributed by atoms with van der Waals surface area (Å²) < 4.78 is 18.4. The van der Waals surface area contributed by atoms with Crippen LogP contribution in [0.3, 0.4) is 0 Å². The molecule has 0 saturated heterocycles. The van der Waals surface area contributed by atoms with Crippen molar-refractivity contribution < 1.29 is 43.3 Å². The number of aliphatic hydroxyl groups excluding tert-OH is 1. The van der Waals surface area contributed by atoms with E-state index in [4.69, 9.17) is 14.9 Å². The Morgan fingerprint density at radius 3 is 2.00 bits per heavy atom. The van der Waals surface area contributed by atoms with Crippen LogP contribution in [0.5, 0.6) is 0 Å². The Morgan fingerprint density at radius 1 is 1.35 bits per heavy atom. The fraction of sp³-hybridized carbons (Fsp3) is 0.308. The van der Waals surface area contributed by atoms with Gasteiger partial charge in [0.2, 0.25) is 0 Å². The van der Waals surface area contributed by atoms with Crippen molar-refractivity contribution >= 4 is 25.5 Å². The Kier molecular flexibility index (Phi) is 12.6. The lowest BCUT2D eigenvalue weighted by atomic mass is 10.5. The SMILES string of the molecule is C=C(C)P(=O)(O)O.C=CC(=O)OCCCO.O=C1C=CC(=O)O1. The molecule has 0 radical (unpaired) electrons. The molecule has 0 amide bonds. The van der Waals surface area contributed by atoms with Crippen molar-refractivity contribution in [2.75, 3.05) is 13.2 Å². The van der Waals surface area contributed by atoms with E-state index in [1.807, 2.05) is 0 Å². The summed E-state index contributed by atoms with van der Waals surface area (Å²) >= 11 is 0. The highest BCUT2D eigenvalue weighted by Gasteiger charge is 2.11. The largest absolute Gasteiger partial charge is 0.462 e. The number of cyclic esters (lactones) is 2. The third-order valence-electron chi connectivity index (χ3n) is 1.77. The molecule has 0 spiro atoms. The van der Waals surface area contributed by atoms with Gasteiger partial charge in [0, 0.05) is 36.6 Å². The molecule has 1 aliphatic heterocycles. The molecule has 3 N–H and O–H groups in total. The summed E-state index contributed by atoms with van der Waals surface area (Å²) in [5.74, 6) is -1.60. The summed E-state index contributed by atoms with van der Waals surface area (Å²) in [4.78, 5) is 46.3. The van der Waals surface area contributed by atoms with Crippen LogP contribution < -0.4 is 0 Å². The molecule has 0 saturated carbocycles. The maximum Gasteiger partial charge on any atom is 0.351 e. The van der Waals surface area contributed by atoms with Crippen LogP contribution >= 0.6 is 7.60 Å². The van der Waals surface area contributed by atoms with Gasteiger partial charge in [-0.05, 0) is 6.92 Å². The molecular weight excluding hydrogens is 331 g/mol. The van der Waals surface area contributed by atoms with Crippen LogP contribution in [0.15, 0.2) is 36.7 Å². The minimum absolute atomic E-state index is 0.0461. The van der Waals surface area contributed by atoms with Crippen molar-refractivity contribution in [3.05, 3.63) is 36.7 Å². The third-order valence-corrected chi connectivity index (χ3v) is 2.76. The molecule has 0 aromatic heterocycles. The number of hydrogen-bond acceptors (Lipinski definition) is 7. The van der Waals surface area contributed by atoms with Gasteiger partial charge in [-0.1, -0.05) is 13.2 Å². The van der Waals surface area contributed by atoms with Gasteiger partial charge in [0.25, 0.3) is 0 Å². The van der Waals surface area contributed by atoms with E-state index >= 15 is 0 Å². The van der Waals surface area contributed by atoms with E-state index < -0.39 is 25.5 Å². The summed E-state index contributed by atoms with van der Waals surface area (Å²) in [5.41, 5.74) is 0. The quantitative estimate of drug-likeness (QED) is 0.211. The monoisotopic (exact) mass is 350 g/mol. The van der Waals surface area contributed by atoms with E-state index in [0.29, 0.717) is 6.42 Å². The number of aliphatic hydroxyl groups is 1. The lowest BCUT2D eigenvalue weighted by Gasteiger charge is -1.97. The lowest BCUT2D eigenvalue weighted by molar-refractivity contribution is -0.150. The van der Waals surface area contributed by atoms with E-state index in [1.54, 1.807) is 0 Å². The van der Waals surface area contributed by atoms with Crippen molar-refractivity contribution in [2.45, 2.75) is 13.3 Å². The smallest absolute Gasteiger partial charge is 0.351 e. The maximum atomic E-state index is 10.3. The van der Waals surface area contributed by atoms with Crippen molar-refractivity contribution in [3.63, 3.8) is 0 Å². The fourth-order valence-electron chi connectivity index (χ4n) is 0.600. The van der Waals surface area contributed by atoms with Crippen molar-refractivity contribution in [1.29, 1.82) is 0 Å².